The predicted octanol–water partition coefficient (Wildman–Crippen LogP) is 1.74. The maximum absolute atomic E-state index is 9.11. The number of hydrogen-bond donors (Lipinski definition) is 2. The highest BCUT2D eigenvalue weighted by molar-refractivity contribution is 6.71. The fourth-order valence-corrected chi connectivity index (χ4v) is 3.53. The van der Waals surface area contributed by atoms with Crippen LogP contribution in [0.2, 0.25) is 0 Å². The van der Waals surface area contributed by atoms with Crippen LogP contribution in [0.5, 0.6) is 0 Å². The first-order valence-electron chi connectivity index (χ1n) is 10.5. The third-order valence-corrected chi connectivity index (χ3v) is 5.26. The fourth-order valence-electron chi connectivity index (χ4n) is 3.53. The lowest BCUT2D eigenvalue weighted by Crippen LogP contribution is -2.46. The molecule has 2 aliphatic rings. The van der Waals surface area contributed by atoms with Crippen molar-refractivity contribution >= 4 is 17.3 Å². The van der Waals surface area contributed by atoms with Gasteiger partial charge in [-0.1, -0.05) is 19.1 Å². The number of aliphatic hydroxyl groups is 1. The third-order valence-electron chi connectivity index (χ3n) is 5.26. The van der Waals surface area contributed by atoms with Gasteiger partial charge in [-0.05, 0) is 26.0 Å². The van der Waals surface area contributed by atoms with E-state index in [2.05, 4.69) is 57.2 Å². The monoisotopic (exact) mass is 400 g/mol. The second kappa shape index (κ2) is 11.7. The molecule has 0 amide bonds. The van der Waals surface area contributed by atoms with E-state index in [-0.39, 0.29) is 12.5 Å². The van der Waals surface area contributed by atoms with Crippen LogP contribution in [0, 0.1) is 5.92 Å². The third kappa shape index (κ3) is 6.11. The van der Waals surface area contributed by atoms with E-state index in [9.17, 15) is 0 Å². The highest BCUT2D eigenvalue weighted by Gasteiger charge is 2.21. The summed E-state index contributed by atoms with van der Waals surface area (Å²) in [6.45, 7) is 11.9. The van der Waals surface area contributed by atoms with Crippen molar-refractivity contribution in [2.24, 2.45) is 20.9 Å². The van der Waals surface area contributed by atoms with Gasteiger partial charge >= 0.3 is 0 Å². The van der Waals surface area contributed by atoms with Gasteiger partial charge in [0.2, 0.25) is 0 Å². The van der Waals surface area contributed by atoms with Gasteiger partial charge in [0.15, 0.2) is 5.84 Å². The summed E-state index contributed by atoms with van der Waals surface area (Å²) < 4.78 is 0. The van der Waals surface area contributed by atoms with Crippen LogP contribution in [0.15, 0.2) is 50.7 Å². The molecule has 0 aliphatic carbocycles. The molecule has 1 atom stereocenters. The molecule has 1 saturated heterocycles. The first-order chi connectivity index (χ1) is 14.1. The van der Waals surface area contributed by atoms with Gasteiger partial charge in [0.05, 0.1) is 18.0 Å². The Morgan fingerprint density at radius 3 is 2.62 bits per heavy atom. The first-order valence-corrected chi connectivity index (χ1v) is 10.5. The average Bonchev–Trinajstić information content (AvgIpc) is 2.75. The van der Waals surface area contributed by atoms with Crippen molar-refractivity contribution in [1.29, 1.82) is 0 Å². The van der Waals surface area contributed by atoms with Gasteiger partial charge < -0.3 is 15.3 Å². The molecule has 0 bridgehead atoms. The van der Waals surface area contributed by atoms with Gasteiger partial charge in [-0.3, -0.25) is 14.9 Å². The van der Waals surface area contributed by atoms with E-state index in [0.717, 1.165) is 55.7 Å². The quantitative estimate of drug-likeness (QED) is 0.639. The van der Waals surface area contributed by atoms with Crippen LogP contribution in [0.1, 0.15) is 20.8 Å². The molecule has 0 radical (unpaired) electrons. The number of amidine groups is 1. The van der Waals surface area contributed by atoms with Crippen molar-refractivity contribution in [2.75, 3.05) is 60.0 Å². The van der Waals surface area contributed by atoms with Crippen LogP contribution in [0.3, 0.4) is 0 Å². The Morgan fingerprint density at radius 1 is 1.34 bits per heavy atom. The highest BCUT2D eigenvalue weighted by Crippen LogP contribution is 2.20. The normalized spacial score (nSPS) is 23.0. The van der Waals surface area contributed by atoms with E-state index in [1.807, 2.05) is 20.0 Å². The molecule has 7 nitrogen and oxygen atoms in total. The van der Waals surface area contributed by atoms with Crippen molar-refractivity contribution in [3.8, 4) is 0 Å². The molecule has 0 spiro atoms. The van der Waals surface area contributed by atoms with Crippen molar-refractivity contribution in [3.05, 3.63) is 35.7 Å². The Balaban J connectivity index is 2.10. The zero-order valence-corrected chi connectivity index (χ0v) is 18.5. The lowest BCUT2D eigenvalue weighted by molar-refractivity contribution is 0.133. The summed E-state index contributed by atoms with van der Waals surface area (Å²) in [6.07, 6.45) is 8.59. The molecule has 2 N–H and O–H groups in total. The maximum Gasteiger partial charge on any atom is 0.153 e. The Morgan fingerprint density at radius 2 is 2.07 bits per heavy atom. The summed E-state index contributed by atoms with van der Waals surface area (Å²) >= 11 is 0. The lowest BCUT2D eigenvalue weighted by Gasteiger charge is -2.36. The zero-order chi connectivity index (χ0) is 21.2. The number of allylic oxidation sites excluding steroid dienone is 4. The van der Waals surface area contributed by atoms with E-state index in [1.165, 1.54) is 5.70 Å². The Kier molecular flexibility index (Phi) is 9.28. The van der Waals surface area contributed by atoms with E-state index >= 15 is 0 Å². The second-order valence-electron chi connectivity index (χ2n) is 7.13. The number of nitrogens with zero attached hydrogens (tertiary/aromatic N) is 5. The minimum atomic E-state index is 0.156. The standard InChI is InChI=1S/C22H36N6O/c1-6-18(28-12-10-27(11-13-28)14-15-29)9-8-17(3)19-16-20(23-4)21(25-7-2)22(24-5)26-19/h6,8-9,16-17,29H,7,10-15H2,1-5H3,(H,24,26)/b9-8-,18-6+,23-20-,25-21+. The van der Waals surface area contributed by atoms with E-state index in [1.54, 1.807) is 7.05 Å². The highest BCUT2D eigenvalue weighted by atomic mass is 16.3. The summed E-state index contributed by atoms with van der Waals surface area (Å²) in [5.74, 6) is 0.931. The zero-order valence-electron chi connectivity index (χ0n) is 18.5. The molecule has 1 unspecified atom stereocenters. The SMILES string of the molecule is C/C=C(\C=C/C(C)C1=CC(=N/C)/C(=N\CC)C(NC)=N1)N1CCN(CCO)CC1. The van der Waals surface area contributed by atoms with E-state index in [4.69, 9.17) is 10.1 Å². The Bertz CT molecular complexity index is 724. The fraction of sp³-hybridized carbons (Fsp3) is 0.591. The number of aliphatic imine (C=N–C) groups is 3. The van der Waals surface area contributed by atoms with E-state index < -0.39 is 0 Å². The molecular formula is C22H36N6O. The molecule has 7 heteroatoms. The topological polar surface area (TPSA) is 75.8 Å². The van der Waals surface area contributed by atoms with Crippen LogP contribution in [-0.2, 0) is 0 Å². The number of β-amino-alcohol motifs (C(OH)–C–C–N with tert-alkyl or cyclic N) is 1. The Hall–Kier alpha value is -2.25. The van der Waals surface area contributed by atoms with Gasteiger partial charge in [0.1, 0.15) is 5.71 Å². The number of piperazine rings is 1. The minimum Gasteiger partial charge on any atom is -0.395 e. The summed E-state index contributed by atoms with van der Waals surface area (Å²) in [5.41, 5.74) is 3.90. The number of aliphatic hydroxyl groups excluding tert-OH is 1. The summed E-state index contributed by atoms with van der Waals surface area (Å²) in [4.78, 5) is 18.4. The molecule has 160 valence electrons. The van der Waals surface area contributed by atoms with Gasteiger partial charge in [-0.15, -0.1) is 0 Å². The second-order valence-corrected chi connectivity index (χ2v) is 7.13. The molecule has 2 aliphatic heterocycles. The molecule has 0 saturated carbocycles. The number of rotatable bonds is 7. The molecule has 0 aromatic heterocycles. The van der Waals surface area contributed by atoms with Gasteiger partial charge in [0, 0.05) is 65.0 Å². The summed E-state index contributed by atoms with van der Waals surface area (Å²) in [5, 5.41) is 12.3. The Labute approximate surface area is 175 Å². The van der Waals surface area contributed by atoms with Crippen LogP contribution in [0.4, 0.5) is 0 Å². The van der Waals surface area contributed by atoms with Crippen LogP contribution < -0.4 is 5.32 Å². The number of hydrogen-bond acceptors (Lipinski definition) is 7. The molecule has 2 heterocycles. The smallest absolute Gasteiger partial charge is 0.153 e. The predicted molar refractivity (Wildman–Crippen MR) is 123 cm³/mol. The van der Waals surface area contributed by atoms with Crippen LogP contribution in [-0.4, -0.2) is 92.1 Å². The average molecular weight is 401 g/mol. The van der Waals surface area contributed by atoms with Gasteiger partial charge in [-0.2, -0.15) is 0 Å². The van der Waals surface area contributed by atoms with Crippen molar-refractivity contribution in [3.63, 3.8) is 0 Å². The van der Waals surface area contributed by atoms with Gasteiger partial charge in [0.25, 0.3) is 0 Å². The van der Waals surface area contributed by atoms with Crippen molar-refractivity contribution in [1.82, 2.24) is 15.1 Å². The molecule has 0 aromatic rings. The molecule has 29 heavy (non-hydrogen) atoms. The van der Waals surface area contributed by atoms with Crippen molar-refractivity contribution in [2.45, 2.75) is 20.8 Å². The lowest BCUT2D eigenvalue weighted by atomic mass is 10.0. The summed E-state index contributed by atoms with van der Waals surface area (Å²) in [6, 6.07) is 0. The van der Waals surface area contributed by atoms with Crippen molar-refractivity contribution < 1.29 is 5.11 Å². The first kappa shape index (κ1) is 23.0. The summed E-state index contributed by atoms with van der Waals surface area (Å²) in [7, 11) is 3.66. The largest absolute Gasteiger partial charge is 0.395 e. The van der Waals surface area contributed by atoms with E-state index in [0.29, 0.717) is 6.54 Å². The minimum absolute atomic E-state index is 0.156. The molecular weight excluding hydrogens is 364 g/mol. The number of nitrogens with one attached hydrogen (secondary N) is 1. The van der Waals surface area contributed by atoms with Gasteiger partial charge in [-0.25, -0.2) is 4.99 Å². The molecule has 0 aromatic carbocycles. The molecule has 1 fully saturated rings. The van der Waals surface area contributed by atoms with Crippen LogP contribution in [0.25, 0.3) is 0 Å². The molecule has 2 rings (SSSR count). The van der Waals surface area contributed by atoms with Crippen LogP contribution >= 0.6 is 0 Å². The maximum atomic E-state index is 9.11.